The second-order valence-electron chi connectivity index (χ2n) is 1.70. The van der Waals surface area contributed by atoms with E-state index >= 15 is 0 Å². The van der Waals surface area contributed by atoms with Crippen LogP contribution in [-0.2, 0) is 4.74 Å². The van der Waals surface area contributed by atoms with Crippen LogP contribution in [0.5, 0.6) is 0 Å². The molecule has 1 rings (SSSR count). The molecular formula is C5H9FN2O. The number of nitrogens with one attached hydrogen (secondary N) is 1. The summed E-state index contributed by atoms with van der Waals surface area (Å²) in [5.41, 5.74) is 0. The van der Waals surface area contributed by atoms with E-state index in [4.69, 9.17) is 4.74 Å². The first-order valence-electron chi connectivity index (χ1n) is 2.90. The van der Waals surface area contributed by atoms with Gasteiger partial charge < -0.3 is 10.1 Å². The van der Waals surface area contributed by atoms with Crippen molar-refractivity contribution in [2.24, 2.45) is 4.99 Å². The molecule has 0 aromatic rings. The molecule has 0 spiro atoms. The maximum atomic E-state index is 11.5. The number of nitrogens with zero attached hydrogens (tertiary/aromatic N) is 1. The first-order valence-corrected chi connectivity index (χ1v) is 2.90. The number of amidine groups is 1. The standard InChI is InChI=1S/C5H9FN2O/c6-4-8-5-7-2-1-3-9-5/h1-4H2,(H,7,8). The van der Waals surface area contributed by atoms with Crippen molar-refractivity contribution in [3.05, 3.63) is 0 Å². The molecule has 0 aromatic carbocycles. The Balaban J connectivity index is 2.28. The van der Waals surface area contributed by atoms with Gasteiger partial charge in [0.1, 0.15) is 0 Å². The summed E-state index contributed by atoms with van der Waals surface area (Å²) in [6.07, 6.45) is 0.928. The molecule has 0 saturated heterocycles. The molecular weight excluding hydrogens is 123 g/mol. The number of aliphatic imine (C=N–C) groups is 1. The SMILES string of the molecule is FCNC1=NCCCO1. The molecule has 0 saturated carbocycles. The Morgan fingerprint density at radius 1 is 1.78 bits per heavy atom. The lowest BCUT2D eigenvalue weighted by Gasteiger charge is -2.12. The van der Waals surface area contributed by atoms with Crippen molar-refractivity contribution < 1.29 is 9.13 Å². The van der Waals surface area contributed by atoms with Crippen LogP contribution in [0, 0.1) is 0 Å². The van der Waals surface area contributed by atoms with Crippen LogP contribution in [0.25, 0.3) is 0 Å². The largest absolute Gasteiger partial charge is 0.465 e. The summed E-state index contributed by atoms with van der Waals surface area (Å²) in [5.74, 6) is 0. The van der Waals surface area contributed by atoms with Crippen LogP contribution in [0.2, 0.25) is 0 Å². The normalized spacial score (nSPS) is 18.1. The van der Waals surface area contributed by atoms with Gasteiger partial charge in [0.25, 0.3) is 6.02 Å². The zero-order chi connectivity index (χ0) is 6.53. The number of rotatable bonds is 1. The number of ether oxygens (including phenoxy) is 1. The van der Waals surface area contributed by atoms with E-state index in [0.717, 1.165) is 13.0 Å². The fraction of sp³-hybridized carbons (Fsp3) is 0.800. The topological polar surface area (TPSA) is 33.6 Å². The fourth-order valence-corrected chi connectivity index (χ4v) is 0.624. The van der Waals surface area contributed by atoms with Crippen molar-refractivity contribution in [2.75, 3.05) is 20.0 Å². The number of hydrogen-bond donors (Lipinski definition) is 1. The van der Waals surface area contributed by atoms with Crippen LogP contribution in [0.1, 0.15) is 6.42 Å². The third-order valence-electron chi connectivity index (χ3n) is 1.01. The number of halogens is 1. The summed E-state index contributed by atoms with van der Waals surface area (Å²) in [5, 5.41) is 2.35. The highest BCUT2D eigenvalue weighted by Gasteiger charge is 2.02. The van der Waals surface area contributed by atoms with E-state index in [9.17, 15) is 4.39 Å². The van der Waals surface area contributed by atoms with Gasteiger partial charge in [-0.2, -0.15) is 0 Å². The lowest BCUT2D eigenvalue weighted by Crippen LogP contribution is -2.28. The second-order valence-corrected chi connectivity index (χ2v) is 1.70. The molecule has 1 aliphatic heterocycles. The lowest BCUT2D eigenvalue weighted by atomic mass is 10.4. The Kier molecular flexibility index (Phi) is 2.30. The molecule has 0 atom stereocenters. The Bertz CT molecular complexity index is 116. The fourth-order valence-electron chi connectivity index (χ4n) is 0.624. The van der Waals surface area contributed by atoms with Gasteiger partial charge >= 0.3 is 0 Å². The molecule has 0 bridgehead atoms. The van der Waals surface area contributed by atoms with Crippen LogP contribution in [0.15, 0.2) is 4.99 Å². The third kappa shape index (κ3) is 1.87. The first kappa shape index (κ1) is 6.32. The van der Waals surface area contributed by atoms with E-state index in [-0.39, 0.29) is 0 Å². The Morgan fingerprint density at radius 2 is 2.67 bits per heavy atom. The minimum atomic E-state index is -0.612. The number of alkyl halides is 1. The van der Waals surface area contributed by atoms with Crippen molar-refractivity contribution >= 4 is 6.02 Å². The maximum Gasteiger partial charge on any atom is 0.286 e. The molecule has 0 unspecified atom stereocenters. The summed E-state index contributed by atoms with van der Waals surface area (Å²) >= 11 is 0. The highest BCUT2D eigenvalue weighted by atomic mass is 19.1. The quantitative estimate of drug-likeness (QED) is 0.520. The average molecular weight is 132 g/mol. The van der Waals surface area contributed by atoms with Crippen molar-refractivity contribution in [3.63, 3.8) is 0 Å². The minimum absolute atomic E-state index is 0.337. The van der Waals surface area contributed by atoms with Gasteiger partial charge in [-0.15, -0.1) is 0 Å². The highest BCUT2D eigenvalue weighted by molar-refractivity contribution is 5.73. The molecule has 0 aromatic heterocycles. The molecule has 0 fully saturated rings. The summed E-state index contributed by atoms with van der Waals surface area (Å²) in [6, 6.07) is 0.337. The summed E-state index contributed by atoms with van der Waals surface area (Å²) in [4.78, 5) is 3.86. The Hall–Kier alpha value is -0.800. The predicted molar refractivity (Wildman–Crippen MR) is 32.0 cm³/mol. The van der Waals surface area contributed by atoms with E-state index in [1.165, 1.54) is 0 Å². The molecule has 1 aliphatic rings. The zero-order valence-electron chi connectivity index (χ0n) is 5.06. The number of hydrogen-bond acceptors (Lipinski definition) is 3. The van der Waals surface area contributed by atoms with Gasteiger partial charge in [-0.05, 0) is 0 Å². The first-order chi connectivity index (χ1) is 4.43. The highest BCUT2D eigenvalue weighted by Crippen LogP contribution is 1.93. The molecule has 4 heteroatoms. The van der Waals surface area contributed by atoms with Gasteiger partial charge in [0.05, 0.1) is 6.61 Å². The van der Waals surface area contributed by atoms with Gasteiger partial charge in [0.2, 0.25) is 0 Å². The molecule has 1 heterocycles. The van der Waals surface area contributed by atoms with Crippen molar-refractivity contribution in [3.8, 4) is 0 Å². The van der Waals surface area contributed by atoms with E-state index < -0.39 is 6.80 Å². The third-order valence-corrected chi connectivity index (χ3v) is 1.01. The monoisotopic (exact) mass is 132 g/mol. The molecule has 0 aliphatic carbocycles. The van der Waals surface area contributed by atoms with Crippen LogP contribution >= 0.6 is 0 Å². The predicted octanol–water partition coefficient (Wildman–Crippen LogP) is 0.279. The van der Waals surface area contributed by atoms with Crippen LogP contribution in [0.3, 0.4) is 0 Å². The molecule has 52 valence electrons. The van der Waals surface area contributed by atoms with E-state index in [1.807, 2.05) is 0 Å². The average Bonchev–Trinajstić information content (AvgIpc) is 1.91. The minimum Gasteiger partial charge on any atom is -0.465 e. The van der Waals surface area contributed by atoms with Crippen LogP contribution in [0.4, 0.5) is 4.39 Å². The van der Waals surface area contributed by atoms with Crippen molar-refractivity contribution in [1.82, 2.24) is 5.32 Å². The Morgan fingerprint density at radius 3 is 3.22 bits per heavy atom. The molecule has 0 radical (unpaired) electrons. The molecule has 0 amide bonds. The van der Waals surface area contributed by atoms with Gasteiger partial charge in [0, 0.05) is 13.0 Å². The van der Waals surface area contributed by atoms with Gasteiger partial charge in [-0.3, -0.25) is 0 Å². The second kappa shape index (κ2) is 3.27. The van der Waals surface area contributed by atoms with Gasteiger partial charge in [-0.25, -0.2) is 9.38 Å². The van der Waals surface area contributed by atoms with Crippen molar-refractivity contribution in [1.29, 1.82) is 0 Å². The van der Waals surface area contributed by atoms with Crippen LogP contribution < -0.4 is 5.32 Å². The van der Waals surface area contributed by atoms with E-state index in [2.05, 4.69) is 10.3 Å². The lowest BCUT2D eigenvalue weighted by molar-refractivity contribution is 0.260. The Labute approximate surface area is 52.9 Å². The molecule has 3 nitrogen and oxygen atoms in total. The van der Waals surface area contributed by atoms with E-state index in [1.54, 1.807) is 0 Å². The summed E-state index contributed by atoms with van der Waals surface area (Å²) < 4.78 is 16.4. The smallest absolute Gasteiger partial charge is 0.286 e. The molecule has 9 heavy (non-hydrogen) atoms. The zero-order valence-corrected chi connectivity index (χ0v) is 5.06. The summed E-state index contributed by atoms with van der Waals surface area (Å²) in [7, 11) is 0. The van der Waals surface area contributed by atoms with Crippen LogP contribution in [-0.4, -0.2) is 26.0 Å². The van der Waals surface area contributed by atoms with E-state index in [0.29, 0.717) is 12.6 Å². The molecule has 1 N–H and O–H groups in total. The maximum absolute atomic E-state index is 11.5. The van der Waals surface area contributed by atoms with Crippen molar-refractivity contribution in [2.45, 2.75) is 6.42 Å². The van der Waals surface area contributed by atoms with Gasteiger partial charge in [-0.1, -0.05) is 0 Å². The summed E-state index contributed by atoms with van der Waals surface area (Å²) in [6.45, 7) is 0.771. The van der Waals surface area contributed by atoms with Gasteiger partial charge in [0.15, 0.2) is 6.80 Å².